The molecule has 1 aromatic heterocycles. The van der Waals surface area contributed by atoms with Crippen LogP contribution in [0.3, 0.4) is 0 Å². The maximum Gasteiger partial charge on any atom is 0.143 e. The van der Waals surface area contributed by atoms with Crippen molar-refractivity contribution in [3.63, 3.8) is 0 Å². The Morgan fingerprint density at radius 1 is 1.00 bits per heavy atom. The normalized spacial score (nSPS) is 14.9. The number of benzene rings is 3. The van der Waals surface area contributed by atoms with Gasteiger partial charge in [-0.15, -0.1) is 6.58 Å². The minimum absolute atomic E-state index is 0.0582. The number of hydrogen-bond donors (Lipinski definition) is 1. The van der Waals surface area contributed by atoms with Crippen molar-refractivity contribution in [3.8, 4) is 11.1 Å². The quantitative estimate of drug-likeness (QED) is 0.268. The first kappa shape index (κ1) is 19.1. The SMILES string of the molecule is C=CCSCC1=CC(C)(C)Nc2ccc(-c3cccc4c3oc3ccccc34)cc21. The van der Waals surface area contributed by atoms with E-state index in [2.05, 4.69) is 80.4 Å². The van der Waals surface area contributed by atoms with Crippen LogP contribution < -0.4 is 5.32 Å². The highest BCUT2D eigenvalue weighted by molar-refractivity contribution is 7.99. The van der Waals surface area contributed by atoms with Crippen LogP contribution in [0.4, 0.5) is 5.69 Å². The van der Waals surface area contributed by atoms with Crippen molar-refractivity contribution in [2.24, 2.45) is 0 Å². The van der Waals surface area contributed by atoms with Gasteiger partial charge in [0.05, 0.1) is 5.54 Å². The average Bonchev–Trinajstić information content (AvgIpc) is 3.12. The van der Waals surface area contributed by atoms with Crippen molar-refractivity contribution in [1.82, 2.24) is 0 Å². The van der Waals surface area contributed by atoms with Crippen LogP contribution in [0.5, 0.6) is 0 Å². The van der Waals surface area contributed by atoms with Gasteiger partial charge < -0.3 is 9.73 Å². The van der Waals surface area contributed by atoms with Gasteiger partial charge in [-0.25, -0.2) is 0 Å². The zero-order chi connectivity index (χ0) is 20.7. The third-order valence-corrected chi connectivity index (χ3v) is 6.55. The van der Waals surface area contributed by atoms with E-state index in [-0.39, 0.29) is 5.54 Å². The summed E-state index contributed by atoms with van der Waals surface area (Å²) in [5.74, 6) is 1.93. The van der Waals surface area contributed by atoms with Crippen molar-refractivity contribution < 1.29 is 4.42 Å². The van der Waals surface area contributed by atoms with Gasteiger partial charge in [-0.3, -0.25) is 0 Å². The van der Waals surface area contributed by atoms with E-state index in [1.807, 2.05) is 30.0 Å². The lowest BCUT2D eigenvalue weighted by molar-refractivity contribution is 0.670. The Morgan fingerprint density at radius 3 is 2.70 bits per heavy atom. The molecule has 150 valence electrons. The van der Waals surface area contributed by atoms with Gasteiger partial charge in [-0.2, -0.15) is 11.8 Å². The molecule has 4 aromatic rings. The van der Waals surface area contributed by atoms with Gasteiger partial charge in [-0.1, -0.05) is 54.6 Å². The fraction of sp³-hybridized carbons (Fsp3) is 0.185. The molecule has 0 atom stereocenters. The van der Waals surface area contributed by atoms with Crippen LogP contribution in [0.1, 0.15) is 19.4 Å². The largest absolute Gasteiger partial charge is 0.455 e. The number of rotatable bonds is 5. The maximum atomic E-state index is 6.28. The first-order valence-electron chi connectivity index (χ1n) is 10.3. The predicted molar refractivity (Wildman–Crippen MR) is 132 cm³/mol. The Labute approximate surface area is 181 Å². The molecule has 2 nitrogen and oxygen atoms in total. The molecule has 3 heteroatoms. The summed E-state index contributed by atoms with van der Waals surface area (Å²) in [6.45, 7) is 8.29. The Morgan fingerprint density at radius 2 is 1.83 bits per heavy atom. The molecule has 0 fully saturated rings. The molecule has 0 radical (unpaired) electrons. The third-order valence-electron chi connectivity index (χ3n) is 5.57. The van der Waals surface area contributed by atoms with Gasteiger partial charge >= 0.3 is 0 Å². The van der Waals surface area contributed by atoms with Crippen molar-refractivity contribution in [1.29, 1.82) is 0 Å². The number of thioether (sulfide) groups is 1. The molecule has 0 unspecified atom stereocenters. The molecular formula is C27H25NOS. The number of furan rings is 1. The van der Waals surface area contributed by atoms with Gasteiger partial charge in [0.1, 0.15) is 11.2 Å². The van der Waals surface area contributed by atoms with E-state index in [0.29, 0.717) is 0 Å². The monoisotopic (exact) mass is 411 g/mol. The second-order valence-electron chi connectivity index (χ2n) is 8.36. The fourth-order valence-electron chi connectivity index (χ4n) is 4.33. The summed E-state index contributed by atoms with van der Waals surface area (Å²) < 4.78 is 6.28. The summed E-state index contributed by atoms with van der Waals surface area (Å²) >= 11 is 1.90. The first-order valence-corrected chi connectivity index (χ1v) is 11.4. The van der Waals surface area contributed by atoms with Crippen LogP contribution in [0, 0.1) is 0 Å². The number of nitrogens with one attached hydrogen (secondary N) is 1. The van der Waals surface area contributed by atoms with E-state index in [0.717, 1.165) is 39.0 Å². The maximum absolute atomic E-state index is 6.28. The van der Waals surface area contributed by atoms with Gasteiger partial charge in [0, 0.05) is 39.1 Å². The van der Waals surface area contributed by atoms with Crippen molar-refractivity contribution in [2.75, 3.05) is 16.8 Å². The Kier molecular flexibility index (Phi) is 4.71. The molecule has 0 bridgehead atoms. The zero-order valence-electron chi connectivity index (χ0n) is 17.4. The fourth-order valence-corrected chi connectivity index (χ4v) is 5.07. The minimum atomic E-state index is -0.0582. The van der Waals surface area contributed by atoms with Crippen LogP contribution in [-0.2, 0) is 0 Å². The molecule has 5 rings (SSSR count). The molecule has 0 spiro atoms. The van der Waals surface area contributed by atoms with Crippen LogP contribution in [0.25, 0.3) is 38.6 Å². The highest BCUT2D eigenvalue weighted by Gasteiger charge is 2.25. The first-order chi connectivity index (χ1) is 14.6. The molecule has 0 aliphatic carbocycles. The van der Waals surface area contributed by atoms with E-state index in [9.17, 15) is 0 Å². The van der Waals surface area contributed by atoms with Crippen LogP contribution in [-0.4, -0.2) is 17.0 Å². The molecule has 0 saturated carbocycles. The average molecular weight is 412 g/mol. The van der Waals surface area contributed by atoms with Crippen LogP contribution in [0.15, 0.2) is 83.8 Å². The minimum Gasteiger partial charge on any atom is -0.455 e. The molecule has 1 aliphatic heterocycles. The Hall–Kier alpha value is -2.91. The summed E-state index contributed by atoms with van der Waals surface area (Å²) in [5.41, 5.74) is 7.98. The standard InChI is InChI=1S/C27H25NOS/c1-4-14-30-17-19-16-27(2,3)28-24-13-12-18(15-23(19)24)20-9-7-10-22-21-8-5-6-11-25(21)29-26(20)22/h4-13,15-16,28H,1,14,17H2,2-3H3. The second kappa shape index (κ2) is 7.41. The topological polar surface area (TPSA) is 25.2 Å². The number of hydrogen-bond acceptors (Lipinski definition) is 3. The summed E-state index contributed by atoms with van der Waals surface area (Å²) in [6, 6.07) is 21.4. The van der Waals surface area contributed by atoms with Crippen molar-refractivity contribution in [3.05, 3.63) is 85.0 Å². The number of para-hydroxylation sites is 2. The highest BCUT2D eigenvalue weighted by atomic mass is 32.2. The second-order valence-corrected chi connectivity index (χ2v) is 9.39. The van der Waals surface area contributed by atoms with Crippen LogP contribution >= 0.6 is 11.8 Å². The Bertz CT molecular complexity index is 1290. The molecule has 3 aromatic carbocycles. The summed E-state index contributed by atoms with van der Waals surface area (Å²) in [5, 5.41) is 5.99. The number of fused-ring (bicyclic) bond motifs is 4. The van der Waals surface area contributed by atoms with Crippen LogP contribution in [0.2, 0.25) is 0 Å². The molecule has 0 saturated heterocycles. The Balaban J connectivity index is 1.64. The lowest BCUT2D eigenvalue weighted by Crippen LogP contribution is -2.32. The van der Waals surface area contributed by atoms with E-state index >= 15 is 0 Å². The molecule has 1 N–H and O–H groups in total. The van der Waals surface area contributed by atoms with Crippen molar-refractivity contribution >= 4 is 45.0 Å². The predicted octanol–water partition coefficient (Wildman–Crippen LogP) is 7.76. The molecule has 1 aliphatic rings. The summed E-state index contributed by atoms with van der Waals surface area (Å²) in [7, 11) is 0. The van der Waals surface area contributed by atoms with E-state index < -0.39 is 0 Å². The van der Waals surface area contributed by atoms with Gasteiger partial charge in [0.15, 0.2) is 0 Å². The summed E-state index contributed by atoms with van der Waals surface area (Å²) in [6.07, 6.45) is 4.33. The molecule has 0 amide bonds. The lowest BCUT2D eigenvalue weighted by Gasteiger charge is -2.32. The smallest absolute Gasteiger partial charge is 0.143 e. The lowest BCUT2D eigenvalue weighted by atomic mass is 9.89. The van der Waals surface area contributed by atoms with Crippen molar-refractivity contribution in [2.45, 2.75) is 19.4 Å². The molecule has 2 heterocycles. The van der Waals surface area contributed by atoms with Gasteiger partial charge in [-0.05, 0) is 43.2 Å². The molecular weight excluding hydrogens is 386 g/mol. The number of anilines is 1. The van der Waals surface area contributed by atoms with Gasteiger partial charge in [0.2, 0.25) is 0 Å². The van der Waals surface area contributed by atoms with Gasteiger partial charge in [0.25, 0.3) is 0 Å². The summed E-state index contributed by atoms with van der Waals surface area (Å²) in [4.78, 5) is 0. The zero-order valence-corrected chi connectivity index (χ0v) is 18.2. The molecule has 30 heavy (non-hydrogen) atoms. The van der Waals surface area contributed by atoms with E-state index in [4.69, 9.17) is 4.42 Å². The van der Waals surface area contributed by atoms with E-state index in [1.165, 1.54) is 22.4 Å². The highest BCUT2D eigenvalue weighted by Crippen LogP contribution is 2.40. The third kappa shape index (κ3) is 3.33. The van der Waals surface area contributed by atoms with E-state index in [1.54, 1.807) is 0 Å².